The molecule has 1 fully saturated rings. The Bertz CT molecular complexity index is 470. The average molecular weight is 354 g/mol. The summed E-state index contributed by atoms with van der Waals surface area (Å²) in [5, 5.41) is 17.9. The number of rotatable bonds is 7. The van der Waals surface area contributed by atoms with Crippen molar-refractivity contribution in [3.8, 4) is 0 Å². The lowest BCUT2D eigenvalue weighted by molar-refractivity contribution is 0.0997. The number of amidine groups is 1. The zero-order chi connectivity index (χ0) is 17.9. The van der Waals surface area contributed by atoms with Gasteiger partial charge in [0.2, 0.25) is 0 Å². The Morgan fingerprint density at radius 1 is 1.38 bits per heavy atom. The highest BCUT2D eigenvalue weighted by Crippen LogP contribution is 2.18. The first-order valence-corrected chi connectivity index (χ1v) is 9.30. The van der Waals surface area contributed by atoms with E-state index >= 15 is 0 Å². The normalized spacial score (nSPS) is 20.1. The van der Waals surface area contributed by atoms with Crippen LogP contribution in [-0.2, 0) is 0 Å². The van der Waals surface area contributed by atoms with Gasteiger partial charge >= 0.3 is 0 Å². The molecule has 136 valence electrons. The van der Waals surface area contributed by atoms with Crippen molar-refractivity contribution in [3.63, 3.8) is 0 Å². The topological polar surface area (TPSA) is 72.2 Å². The minimum absolute atomic E-state index is 0.147. The summed E-state index contributed by atoms with van der Waals surface area (Å²) in [4.78, 5) is 7.00. The number of aliphatic hydroxyl groups excluding tert-OH is 1. The molecule has 0 saturated carbocycles. The highest BCUT2D eigenvalue weighted by molar-refractivity contribution is 8.14. The summed E-state index contributed by atoms with van der Waals surface area (Å²) in [6, 6.07) is 0.147. The average Bonchev–Trinajstić information content (AvgIpc) is 2.57. The molecular weight excluding hydrogens is 322 g/mol. The molecular formula is C17H31N5OS. The number of piperidine rings is 1. The van der Waals surface area contributed by atoms with Crippen molar-refractivity contribution in [2.24, 2.45) is 10.1 Å². The van der Waals surface area contributed by atoms with Crippen LogP contribution in [0.1, 0.15) is 33.6 Å². The van der Waals surface area contributed by atoms with Gasteiger partial charge in [0.25, 0.3) is 0 Å². The first-order chi connectivity index (χ1) is 11.5. The molecule has 0 bridgehead atoms. The number of allylic oxidation sites excluding steroid dienone is 2. The molecule has 24 heavy (non-hydrogen) atoms. The van der Waals surface area contributed by atoms with E-state index in [1.807, 2.05) is 13.1 Å². The van der Waals surface area contributed by atoms with Gasteiger partial charge in [0.05, 0.1) is 17.8 Å². The molecule has 3 N–H and O–H groups in total. The molecule has 0 aromatic rings. The van der Waals surface area contributed by atoms with Crippen LogP contribution in [0.3, 0.4) is 0 Å². The number of hydrogen-bond acceptors (Lipinski definition) is 6. The van der Waals surface area contributed by atoms with E-state index in [-0.39, 0.29) is 17.4 Å². The van der Waals surface area contributed by atoms with Gasteiger partial charge in [-0.3, -0.25) is 4.99 Å². The SMILES string of the molecule is C=CN/C(=N\NC)S[C@@H](C)C(C)/N=C\C(=C/C)N1CCC(O)CC1. The zero-order valence-electron chi connectivity index (χ0n) is 15.2. The zero-order valence-corrected chi connectivity index (χ0v) is 16.0. The van der Waals surface area contributed by atoms with E-state index in [1.165, 1.54) is 0 Å². The fourth-order valence-electron chi connectivity index (χ4n) is 2.33. The fraction of sp³-hybridized carbons (Fsp3) is 0.647. The van der Waals surface area contributed by atoms with Crippen LogP contribution >= 0.6 is 11.8 Å². The van der Waals surface area contributed by atoms with Crippen molar-refractivity contribution in [1.82, 2.24) is 15.6 Å². The Labute approximate surface area is 150 Å². The van der Waals surface area contributed by atoms with Crippen molar-refractivity contribution in [2.75, 3.05) is 20.1 Å². The van der Waals surface area contributed by atoms with Gasteiger partial charge in [0.15, 0.2) is 5.17 Å². The third-order valence-corrected chi connectivity index (χ3v) is 5.18. The van der Waals surface area contributed by atoms with Crippen LogP contribution in [0, 0.1) is 0 Å². The van der Waals surface area contributed by atoms with Gasteiger partial charge in [-0.1, -0.05) is 31.3 Å². The molecule has 0 aliphatic carbocycles. The molecule has 6 nitrogen and oxygen atoms in total. The van der Waals surface area contributed by atoms with Gasteiger partial charge in [-0.05, 0) is 32.9 Å². The van der Waals surface area contributed by atoms with E-state index < -0.39 is 0 Å². The molecule has 1 unspecified atom stereocenters. The monoisotopic (exact) mass is 353 g/mol. The number of hydrogen-bond donors (Lipinski definition) is 3. The van der Waals surface area contributed by atoms with Gasteiger partial charge in [0, 0.05) is 31.6 Å². The van der Waals surface area contributed by atoms with Crippen LogP contribution in [-0.4, -0.2) is 58.9 Å². The van der Waals surface area contributed by atoms with E-state index in [0.29, 0.717) is 0 Å². The smallest absolute Gasteiger partial charge is 0.184 e. The minimum Gasteiger partial charge on any atom is -0.393 e. The van der Waals surface area contributed by atoms with E-state index in [0.717, 1.165) is 36.8 Å². The highest BCUT2D eigenvalue weighted by Gasteiger charge is 2.18. The van der Waals surface area contributed by atoms with E-state index in [2.05, 4.69) is 47.2 Å². The molecule has 0 amide bonds. The predicted molar refractivity (Wildman–Crippen MR) is 105 cm³/mol. The largest absolute Gasteiger partial charge is 0.393 e. The molecule has 1 aliphatic rings. The molecule has 1 aliphatic heterocycles. The number of aliphatic hydroxyl groups is 1. The summed E-state index contributed by atoms with van der Waals surface area (Å²) in [6.45, 7) is 11.7. The van der Waals surface area contributed by atoms with Crippen molar-refractivity contribution in [2.45, 2.75) is 51.0 Å². The van der Waals surface area contributed by atoms with Crippen molar-refractivity contribution in [1.29, 1.82) is 0 Å². The van der Waals surface area contributed by atoms with Crippen LogP contribution in [0.4, 0.5) is 0 Å². The molecule has 7 heteroatoms. The second-order valence-electron chi connectivity index (χ2n) is 5.76. The lowest BCUT2D eigenvalue weighted by atomic mass is 10.1. The maximum Gasteiger partial charge on any atom is 0.184 e. The number of likely N-dealkylation sites (tertiary alicyclic amines) is 1. The van der Waals surface area contributed by atoms with E-state index in [9.17, 15) is 5.11 Å². The third-order valence-electron chi connectivity index (χ3n) is 3.98. The highest BCUT2D eigenvalue weighted by atomic mass is 32.2. The Morgan fingerprint density at radius 2 is 2.04 bits per heavy atom. The Balaban J connectivity index is 2.60. The fourth-order valence-corrected chi connectivity index (χ4v) is 3.25. The van der Waals surface area contributed by atoms with Gasteiger partial charge in [-0.15, -0.1) is 0 Å². The van der Waals surface area contributed by atoms with E-state index in [4.69, 9.17) is 4.99 Å². The number of nitrogens with one attached hydrogen (secondary N) is 2. The number of hydrazone groups is 1. The number of thioether (sulfide) groups is 1. The Hall–Kier alpha value is -1.47. The first-order valence-electron chi connectivity index (χ1n) is 8.42. The first kappa shape index (κ1) is 20.6. The molecule has 0 radical (unpaired) electrons. The minimum atomic E-state index is -0.158. The molecule has 1 heterocycles. The van der Waals surface area contributed by atoms with Crippen LogP contribution in [0.25, 0.3) is 0 Å². The third kappa shape index (κ3) is 6.97. The van der Waals surface area contributed by atoms with Gasteiger partial charge < -0.3 is 20.7 Å². The van der Waals surface area contributed by atoms with Gasteiger partial charge in [0.1, 0.15) is 0 Å². The molecule has 0 spiro atoms. The van der Waals surface area contributed by atoms with Crippen LogP contribution < -0.4 is 10.7 Å². The summed E-state index contributed by atoms with van der Waals surface area (Å²) < 4.78 is 0. The lowest BCUT2D eigenvalue weighted by Crippen LogP contribution is -2.35. The number of nitrogens with zero attached hydrogens (tertiary/aromatic N) is 3. The lowest BCUT2D eigenvalue weighted by Gasteiger charge is -2.32. The summed E-state index contributed by atoms with van der Waals surface area (Å²) in [7, 11) is 1.77. The summed E-state index contributed by atoms with van der Waals surface area (Å²) in [6.07, 6.45) is 7.14. The molecule has 0 aromatic heterocycles. The van der Waals surface area contributed by atoms with Gasteiger partial charge in [-0.2, -0.15) is 5.10 Å². The van der Waals surface area contributed by atoms with Crippen molar-refractivity contribution < 1.29 is 5.11 Å². The molecule has 2 atom stereocenters. The maximum atomic E-state index is 9.63. The second kappa shape index (κ2) is 11.1. The second-order valence-corrected chi connectivity index (χ2v) is 7.13. The molecule has 1 saturated heterocycles. The Kier molecular flexibility index (Phi) is 9.56. The summed E-state index contributed by atoms with van der Waals surface area (Å²) in [5.41, 5.74) is 3.91. The maximum absolute atomic E-state index is 9.63. The van der Waals surface area contributed by atoms with E-state index in [1.54, 1.807) is 25.0 Å². The van der Waals surface area contributed by atoms with Crippen LogP contribution in [0.2, 0.25) is 0 Å². The van der Waals surface area contributed by atoms with Gasteiger partial charge in [-0.25, -0.2) is 0 Å². The Morgan fingerprint density at radius 3 is 2.58 bits per heavy atom. The summed E-state index contributed by atoms with van der Waals surface area (Å²) >= 11 is 1.62. The van der Waals surface area contributed by atoms with Crippen molar-refractivity contribution >= 4 is 23.1 Å². The number of aliphatic imine (C=N–C) groups is 1. The summed E-state index contributed by atoms with van der Waals surface area (Å²) in [5.74, 6) is 0. The van der Waals surface area contributed by atoms with Crippen LogP contribution in [0.5, 0.6) is 0 Å². The molecule has 1 rings (SSSR count). The molecule has 0 aromatic carbocycles. The standard InChI is InChI=1S/C17H31N5OS/c1-6-15(22-10-8-16(23)9-11-22)12-20-13(3)14(4)24-17(19-7-2)21-18-5/h6-7,12-14,16,18,23H,2,8-11H2,1,3-5H3,(H,19,21)/b15-6+,20-12-/t13?,14-/m0/s1. The predicted octanol–water partition coefficient (Wildman–Crippen LogP) is 2.15. The quantitative estimate of drug-likeness (QED) is 0.372. The van der Waals surface area contributed by atoms with Crippen LogP contribution in [0.15, 0.2) is 34.6 Å². The van der Waals surface area contributed by atoms with Crippen molar-refractivity contribution in [3.05, 3.63) is 24.6 Å².